The first-order chi connectivity index (χ1) is 11.4. The number of halogens is 1. The summed E-state index contributed by atoms with van der Waals surface area (Å²) in [4.78, 5) is 25.5. The summed E-state index contributed by atoms with van der Waals surface area (Å²) in [6.45, 7) is 0. The van der Waals surface area contributed by atoms with Crippen molar-refractivity contribution in [2.75, 3.05) is 31.8 Å². The van der Waals surface area contributed by atoms with Gasteiger partial charge in [-0.25, -0.2) is 4.79 Å². The van der Waals surface area contributed by atoms with Crippen LogP contribution in [0.3, 0.4) is 0 Å². The third-order valence-electron chi connectivity index (χ3n) is 3.18. The third kappa shape index (κ3) is 4.39. The molecule has 3 amide bonds. The lowest BCUT2D eigenvalue weighted by Gasteiger charge is -2.12. The van der Waals surface area contributed by atoms with E-state index in [-0.39, 0.29) is 5.91 Å². The van der Waals surface area contributed by atoms with Crippen molar-refractivity contribution in [3.05, 3.63) is 53.1 Å². The summed E-state index contributed by atoms with van der Waals surface area (Å²) in [5.41, 5.74) is 1.53. The molecule has 2 aromatic rings. The fourth-order valence-corrected chi connectivity index (χ4v) is 2.28. The van der Waals surface area contributed by atoms with Gasteiger partial charge in [0.1, 0.15) is 5.75 Å². The van der Waals surface area contributed by atoms with Crippen molar-refractivity contribution in [2.24, 2.45) is 0 Å². The fraction of sp³-hybridized carbons (Fsp3) is 0.176. The second kappa shape index (κ2) is 7.70. The van der Waals surface area contributed by atoms with Gasteiger partial charge in [-0.3, -0.25) is 4.79 Å². The molecule has 0 radical (unpaired) electrons. The Balaban J connectivity index is 2.06. The maximum atomic E-state index is 12.1. The molecule has 0 saturated heterocycles. The molecule has 7 heteroatoms. The van der Waals surface area contributed by atoms with Crippen LogP contribution in [0.15, 0.2) is 42.5 Å². The first-order valence-electron chi connectivity index (χ1n) is 7.14. The summed E-state index contributed by atoms with van der Waals surface area (Å²) in [6.07, 6.45) is 0. The minimum Gasteiger partial charge on any atom is -0.495 e. The van der Waals surface area contributed by atoms with Crippen molar-refractivity contribution in [2.45, 2.75) is 0 Å². The number of hydrogen-bond donors (Lipinski definition) is 2. The van der Waals surface area contributed by atoms with Gasteiger partial charge in [0, 0.05) is 31.0 Å². The highest BCUT2D eigenvalue weighted by molar-refractivity contribution is 6.32. The average Bonchev–Trinajstić information content (AvgIpc) is 2.54. The predicted octanol–water partition coefficient (Wildman–Crippen LogP) is 3.69. The van der Waals surface area contributed by atoms with Crippen LogP contribution >= 0.6 is 11.6 Å². The number of anilines is 2. The fourth-order valence-electron chi connectivity index (χ4n) is 2.03. The zero-order chi connectivity index (χ0) is 17.7. The molecule has 0 fully saturated rings. The predicted molar refractivity (Wildman–Crippen MR) is 95.1 cm³/mol. The highest BCUT2D eigenvalue weighted by Crippen LogP contribution is 2.27. The normalized spacial score (nSPS) is 10.0. The number of nitrogens with zero attached hydrogens (tertiary/aromatic N) is 1. The van der Waals surface area contributed by atoms with Gasteiger partial charge in [-0.15, -0.1) is 0 Å². The maximum Gasteiger partial charge on any atom is 0.323 e. The van der Waals surface area contributed by atoms with E-state index in [4.69, 9.17) is 16.3 Å². The maximum absolute atomic E-state index is 12.1. The second-order valence-electron chi connectivity index (χ2n) is 5.21. The topological polar surface area (TPSA) is 70.7 Å². The molecule has 126 valence electrons. The van der Waals surface area contributed by atoms with E-state index in [0.29, 0.717) is 27.7 Å². The quantitative estimate of drug-likeness (QED) is 0.886. The largest absolute Gasteiger partial charge is 0.495 e. The molecule has 0 aliphatic rings. The van der Waals surface area contributed by atoms with Gasteiger partial charge in [0.2, 0.25) is 0 Å². The van der Waals surface area contributed by atoms with Crippen molar-refractivity contribution in [3.63, 3.8) is 0 Å². The molecule has 0 spiro atoms. The summed E-state index contributed by atoms with van der Waals surface area (Å²) in [5.74, 6) is 0.388. The Bertz CT molecular complexity index is 762. The smallest absolute Gasteiger partial charge is 0.323 e. The Morgan fingerprint density at radius 2 is 1.71 bits per heavy atom. The van der Waals surface area contributed by atoms with Gasteiger partial charge in [-0.05, 0) is 36.4 Å². The number of nitrogens with one attached hydrogen (secondary N) is 2. The summed E-state index contributed by atoms with van der Waals surface area (Å²) in [5, 5.41) is 5.74. The molecule has 0 saturated carbocycles. The van der Waals surface area contributed by atoms with E-state index in [1.807, 2.05) is 0 Å². The van der Waals surface area contributed by atoms with E-state index in [1.165, 1.54) is 12.0 Å². The van der Waals surface area contributed by atoms with Crippen molar-refractivity contribution in [3.8, 4) is 5.75 Å². The van der Waals surface area contributed by atoms with Crippen LogP contribution < -0.4 is 15.4 Å². The van der Waals surface area contributed by atoms with Gasteiger partial charge in [0.05, 0.1) is 12.1 Å². The zero-order valence-corrected chi connectivity index (χ0v) is 14.3. The minimum absolute atomic E-state index is 0.138. The van der Waals surface area contributed by atoms with Crippen LogP contribution in [0, 0.1) is 0 Å². The molecule has 0 aliphatic heterocycles. The van der Waals surface area contributed by atoms with E-state index >= 15 is 0 Å². The Morgan fingerprint density at radius 3 is 2.29 bits per heavy atom. The Labute approximate surface area is 145 Å². The Morgan fingerprint density at radius 1 is 1.04 bits per heavy atom. The number of ether oxygens (including phenoxy) is 1. The number of rotatable bonds is 4. The number of amides is 3. The second-order valence-corrected chi connectivity index (χ2v) is 5.62. The standard InChI is InChI=1S/C17H18ClN3O3/c1-21(2)16(22)11-5-4-6-12(9-11)19-17(23)20-13-7-8-15(24-3)14(18)10-13/h4-10H,1-3H3,(H2,19,20,23). The van der Waals surface area contributed by atoms with Crippen LogP contribution in [0.1, 0.15) is 10.4 Å². The molecule has 0 aliphatic carbocycles. The highest BCUT2D eigenvalue weighted by Gasteiger charge is 2.10. The highest BCUT2D eigenvalue weighted by atomic mass is 35.5. The van der Waals surface area contributed by atoms with Crippen molar-refractivity contribution < 1.29 is 14.3 Å². The van der Waals surface area contributed by atoms with Gasteiger partial charge < -0.3 is 20.3 Å². The molecule has 0 bridgehead atoms. The monoisotopic (exact) mass is 347 g/mol. The van der Waals surface area contributed by atoms with Gasteiger partial charge in [0.15, 0.2) is 0 Å². The Kier molecular flexibility index (Phi) is 5.65. The number of hydrogen-bond acceptors (Lipinski definition) is 3. The molecule has 0 unspecified atom stereocenters. The van der Waals surface area contributed by atoms with Crippen LogP contribution in [0.2, 0.25) is 5.02 Å². The molecule has 2 rings (SSSR count). The number of carbonyl (C=O) groups excluding carboxylic acids is 2. The number of urea groups is 1. The average molecular weight is 348 g/mol. The van der Waals surface area contributed by atoms with Crippen LogP contribution in [0.25, 0.3) is 0 Å². The molecule has 2 aromatic carbocycles. The van der Waals surface area contributed by atoms with Crippen molar-refractivity contribution in [1.29, 1.82) is 0 Å². The lowest BCUT2D eigenvalue weighted by molar-refractivity contribution is 0.0827. The van der Waals surface area contributed by atoms with E-state index < -0.39 is 6.03 Å². The molecule has 0 aromatic heterocycles. The van der Waals surface area contributed by atoms with Crippen molar-refractivity contribution >= 4 is 34.9 Å². The molecule has 0 atom stereocenters. The summed E-state index contributed by atoms with van der Waals surface area (Å²) >= 11 is 6.02. The lowest BCUT2D eigenvalue weighted by Crippen LogP contribution is -2.22. The third-order valence-corrected chi connectivity index (χ3v) is 3.48. The van der Waals surface area contributed by atoms with Crippen molar-refractivity contribution in [1.82, 2.24) is 4.90 Å². The molecule has 6 nitrogen and oxygen atoms in total. The summed E-state index contributed by atoms with van der Waals surface area (Å²) < 4.78 is 5.06. The van der Waals surface area contributed by atoms with Gasteiger partial charge in [-0.2, -0.15) is 0 Å². The summed E-state index contributed by atoms with van der Waals surface area (Å²) in [7, 11) is 4.86. The van der Waals surface area contributed by atoms with E-state index in [0.717, 1.165) is 0 Å². The lowest BCUT2D eigenvalue weighted by atomic mass is 10.2. The van der Waals surface area contributed by atoms with E-state index in [1.54, 1.807) is 56.6 Å². The van der Waals surface area contributed by atoms with Crippen LogP contribution in [0.4, 0.5) is 16.2 Å². The van der Waals surface area contributed by atoms with Gasteiger partial charge >= 0.3 is 6.03 Å². The molecular formula is C17H18ClN3O3. The number of carbonyl (C=O) groups is 2. The first kappa shape index (κ1) is 17.6. The Hall–Kier alpha value is -2.73. The van der Waals surface area contributed by atoms with Crippen LogP contribution in [0.5, 0.6) is 5.75 Å². The van der Waals surface area contributed by atoms with Gasteiger partial charge in [0.25, 0.3) is 5.91 Å². The number of benzene rings is 2. The summed E-state index contributed by atoms with van der Waals surface area (Å²) in [6, 6.07) is 11.2. The van der Waals surface area contributed by atoms with Crippen LogP contribution in [-0.4, -0.2) is 38.0 Å². The van der Waals surface area contributed by atoms with Crippen LogP contribution in [-0.2, 0) is 0 Å². The SMILES string of the molecule is COc1ccc(NC(=O)Nc2cccc(C(=O)N(C)C)c2)cc1Cl. The van der Waals surface area contributed by atoms with Gasteiger partial charge in [-0.1, -0.05) is 17.7 Å². The van der Waals surface area contributed by atoms with E-state index in [9.17, 15) is 9.59 Å². The molecule has 24 heavy (non-hydrogen) atoms. The first-order valence-corrected chi connectivity index (χ1v) is 7.52. The molecule has 2 N–H and O–H groups in total. The molecule has 0 heterocycles. The minimum atomic E-state index is -0.439. The molecular weight excluding hydrogens is 330 g/mol. The zero-order valence-electron chi connectivity index (χ0n) is 13.6. The van der Waals surface area contributed by atoms with E-state index in [2.05, 4.69) is 10.6 Å². The number of methoxy groups -OCH3 is 1.